The number of halogens is 3. The second kappa shape index (κ2) is 8.57. The van der Waals surface area contributed by atoms with Gasteiger partial charge >= 0.3 is 11.5 Å². The van der Waals surface area contributed by atoms with Gasteiger partial charge in [-0.3, -0.25) is 15.2 Å². The number of thioether (sulfide) groups is 1. The van der Waals surface area contributed by atoms with Crippen molar-refractivity contribution in [1.29, 1.82) is 0 Å². The van der Waals surface area contributed by atoms with E-state index in [-0.39, 0.29) is 22.7 Å². The van der Waals surface area contributed by atoms with Crippen molar-refractivity contribution in [2.75, 3.05) is 5.43 Å². The van der Waals surface area contributed by atoms with Gasteiger partial charge in [-0.1, -0.05) is 17.3 Å². The lowest BCUT2D eigenvalue weighted by Crippen LogP contribution is -2.27. The minimum atomic E-state index is -4.34. The number of amides is 1. The van der Waals surface area contributed by atoms with E-state index in [2.05, 4.69) is 26.0 Å². The molecular formula is C17H12F3N5O2S. The van der Waals surface area contributed by atoms with Crippen LogP contribution < -0.4 is 10.9 Å². The lowest BCUT2D eigenvalue weighted by Gasteiger charge is -2.05. The van der Waals surface area contributed by atoms with Gasteiger partial charge in [-0.15, -0.1) is 0 Å². The highest BCUT2D eigenvalue weighted by Crippen LogP contribution is 2.36. The zero-order valence-corrected chi connectivity index (χ0v) is 14.8. The first-order valence-electron chi connectivity index (χ1n) is 7.73. The monoisotopic (exact) mass is 407 g/mol. The average Bonchev–Trinajstić information content (AvgIpc) is 3.14. The maximum absolute atomic E-state index is 12.3. The molecule has 2 aromatic heterocycles. The van der Waals surface area contributed by atoms with Crippen molar-refractivity contribution in [3.05, 3.63) is 60.4 Å². The van der Waals surface area contributed by atoms with E-state index in [9.17, 15) is 18.0 Å². The largest absolute Gasteiger partial charge is 0.446 e. The summed E-state index contributed by atoms with van der Waals surface area (Å²) in [7, 11) is 0. The van der Waals surface area contributed by atoms with Gasteiger partial charge in [-0.05, 0) is 47.7 Å². The van der Waals surface area contributed by atoms with Crippen LogP contribution in [0.4, 0.5) is 19.2 Å². The first-order valence-corrected chi connectivity index (χ1v) is 8.55. The van der Waals surface area contributed by atoms with Gasteiger partial charge in [0.1, 0.15) is 0 Å². The van der Waals surface area contributed by atoms with Crippen molar-refractivity contribution < 1.29 is 22.5 Å². The van der Waals surface area contributed by atoms with Crippen molar-refractivity contribution in [1.82, 2.24) is 20.6 Å². The number of hydrazine groups is 1. The molecule has 0 bridgehead atoms. The highest BCUT2D eigenvalue weighted by molar-refractivity contribution is 8.00. The third-order valence-electron chi connectivity index (χ3n) is 3.20. The topological polar surface area (TPSA) is 92.9 Å². The Bertz CT molecular complexity index is 959. The van der Waals surface area contributed by atoms with Crippen molar-refractivity contribution in [2.24, 2.45) is 0 Å². The number of hydrogen-bond acceptors (Lipinski definition) is 7. The van der Waals surface area contributed by atoms with E-state index in [0.29, 0.717) is 17.0 Å². The molecule has 0 radical (unpaired) electrons. The summed E-state index contributed by atoms with van der Waals surface area (Å²) in [5.74, 6) is -0.191. The summed E-state index contributed by atoms with van der Waals surface area (Å²) in [6.07, 6.45) is 5.83. The number of rotatable bonds is 6. The molecule has 2 N–H and O–H groups in total. The Morgan fingerprint density at radius 1 is 1.11 bits per heavy atom. The van der Waals surface area contributed by atoms with Crippen molar-refractivity contribution in [2.45, 2.75) is 10.4 Å². The number of nitrogens with one attached hydrogen (secondary N) is 2. The Hall–Kier alpha value is -3.34. The molecule has 0 aliphatic rings. The maximum Gasteiger partial charge on any atom is 0.446 e. The number of carbonyl (C=O) groups is 1. The van der Waals surface area contributed by atoms with Crippen molar-refractivity contribution in [3.8, 4) is 11.4 Å². The molecule has 0 atom stereocenters. The molecule has 0 spiro atoms. The predicted octanol–water partition coefficient (Wildman–Crippen LogP) is 3.90. The van der Waals surface area contributed by atoms with Crippen LogP contribution in [-0.2, 0) is 4.79 Å². The Morgan fingerprint density at radius 3 is 2.50 bits per heavy atom. The quantitative estimate of drug-likeness (QED) is 0.364. The number of pyridine rings is 1. The Labute approximate surface area is 161 Å². The van der Waals surface area contributed by atoms with E-state index < -0.39 is 11.4 Å². The fraction of sp³-hybridized carbons (Fsp3) is 0.0588. The molecule has 3 rings (SSSR count). The van der Waals surface area contributed by atoms with E-state index in [1.807, 2.05) is 0 Å². The van der Waals surface area contributed by atoms with Crippen LogP contribution in [0.25, 0.3) is 17.5 Å². The van der Waals surface area contributed by atoms with Crippen LogP contribution in [0, 0.1) is 0 Å². The number of carbonyl (C=O) groups excluding carboxylic acids is 1. The Morgan fingerprint density at radius 2 is 1.82 bits per heavy atom. The fourth-order valence-corrected chi connectivity index (χ4v) is 2.54. The number of benzene rings is 1. The maximum atomic E-state index is 12.3. The first-order chi connectivity index (χ1) is 13.4. The molecule has 2 heterocycles. The molecule has 0 unspecified atom stereocenters. The SMILES string of the molecule is O=C(C=Cc1ccc(SC(F)(F)F)cc1)NNc1nc(-c2ccncc2)no1. The lowest BCUT2D eigenvalue weighted by atomic mass is 10.2. The van der Waals surface area contributed by atoms with Gasteiger partial charge in [0.25, 0.3) is 5.91 Å². The lowest BCUT2D eigenvalue weighted by molar-refractivity contribution is -0.116. The Balaban J connectivity index is 1.51. The number of hydrogen-bond donors (Lipinski definition) is 2. The minimum Gasteiger partial charge on any atom is -0.313 e. The summed E-state index contributed by atoms with van der Waals surface area (Å²) in [5, 5.41) is 3.76. The van der Waals surface area contributed by atoms with E-state index in [1.54, 1.807) is 24.5 Å². The van der Waals surface area contributed by atoms with Gasteiger partial charge in [-0.2, -0.15) is 18.2 Å². The van der Waals surface area contributed by atoms with E-state index in [4.69, 9.17) is 4.52 Å². The molecule has 0 aliphatic carbocycles. The summed E-state index contributed by atoms with van der Waals surface area (Å²) in [6, 6.07) is 9.00. The molecule has 11 heteroatoms. The van der Waals surface area contributed by atoms with Gasteiger partial charge in [0.15, 0.2) is 0 Å². The molecule has 0 aliphatic heterocycles. The fourth-order valence-electron chi connectivity index (χ4n) is 2.00. The van der Waals surface area contributed by atoms with Gasteiger partial charge in [0.05, 0.1) is 0 Å². The zero-order valence-electron chi connectivity index (χ0n) is 14.0. The van der Waals surface area contributed by atoms with Crippen molar-refractivity contribution in [3.63, 3.8) is 0 Å². The Kier molecular flexibility index (Phi) is 5.94. The highest BCUT2D eigenvalue weighted by atomic mass is 32.2. The number of alkyl halides is 3. The smallest absolute Gasteiger partial charge is 0.313 e. The number of aromatic nitrogens is 3. The van der Waals surface area contributed by atoms with Crippen molar-refractivity contribution >= 4 is 29.8 Å². The molecule has 28 heavy (non-hydrogen) atoms. The summed E-state index contributed by atoms with van der Waals surface area (Å²) in [4.78, 5) is 19.8. The van der Waals surface area contributed by atoms with E-state index in [1.165, 1.54) is 36.4 Å². The molecule has 0 fully saturated rings. The van der Waals surface area contributed by atoms with Crippen LogP contribution in [0.2, 0.25) is 0 Å². The molecule has 7 nitrogen and oxygen atoms in total. The van der Waals surface area contributed by atoms with Gasteiger partial charge in [0, 0.05) is 28.9 Å². The van der Waals surface area contributed by atoms with E-state index in [0.717, 1.165) is 0 Å². The minimum absolute atomic E-state index is 0.0120. The van der Waals surface area contributed by atoms with Crippen LogP contribution in [0.3, 0.4) is 0 Å². The molecule has 144 valence electrons. The summed E-state index contributed by atoms with van der Waals surface area (Å²) < 4.78 is 41.8. The third-order valence-corrected chi connectivity index (χ3v) is 3.94. The van der Waals surface area contributed by atoms with E-state index >= 15 is 0 Å². The average molecular weight is 407 g/mol. The van der Waals surface area contributed by atoms with Crippen LogP contribution in [0.15, 0.2) is 64.3 Å². The first kappa shape index (κ1) is 19.4. The number of anilines is 1. The molecule has 1 aromatic carbocycles. The van der Waals surface area contributed by atoms with Crippen LogP contribution in [-0.4, -0.2) is 26.5 Å². The summed E-state index contributed by atoms with van der Waals surface area (Å²) in [5.41, 5.74) is 1.74. The second-order valence-electron chi connectivity index (χ2n) is 5.22. The number of nitrogens with zero attached hydrogens (tertiary/aromatic N) is 3. The van der Waals surface area contributed by atoms with Crippen LogP contribution in [0.1, 0.15) is 5.56 Å². The van der Waals surface area contributed by atoms with Gasteiger partial charge in [-0.25, -0.2) is 5.43 Å². The predicted molar refractivity (Wildman–Crippen MR) is 96.7 cm³/mol. The normalized spacial score (nSPS) is 11.5. The molecule has 0 saturated heterocycles. The standard InChI is InChI=1S/C17H12F3N5O2S/c18-17(19,20)28-13-4-1-11(2-5-13)3-6-14(26)23-24-16-22-15(25-27-16)12-7-9-21-10-8-12/h1-10H,(H,23,26)(H,22,24,25). The van der Waals surface area contributed by atoms with Crippen LogP contribution >= 0.6 is 11.8 Å². The molecule has 3 aromatic rings. The molecular weight excluding hydrogens is 395 g/mol. The summed E-state index contributed by atoms with van der Waals surface area (Å²) in [6.45, 7) is 0. The second-order valence-corrected chi connectivity index (χ2v) is 6.36. The van der Waals surface area contributed by atoms with Gasteiger partial charge in [0.2, 0.25) is 5.82 Å². The third kappa shape index (κ3) is 5.84. The molecule has 1 amide bonds. The molecule has 0 saturated carbocycles. The summed E-state index contributed by atoms with van der Waals surface area (Å²) >= 11 is -0.200. The zero-order chi connectivity index (χ0) is 20.0. The highest BCUT2D eigenvalue weighted by Gasteiger charge is 2.28. The van der Waals surface area contributed by atoms with Crippen LogP contribution in [0.5, 0.6) is 0 Å². The van der Waals surface area contributed by atoms with Gasteiger partial charge < -0.3 is 4.52 Å².